The molecule has 1 saturated heterocycles. The molecule has 34 heavy (non-hydrogen) atoms. The van der Waals surface area contributed by atoms with E-state index in [1.54, 1.807) is 0 Å². The van der Waals surface area contributed by atoms with Gasteiger partial charge in [-0.15, -0.1) is 10.2 Å². The molecule has 0 spiro atoms. The molecule has 8 heteroatoms. The van der Waals surface area contributed by atoms with Crippen molar-refractivity contribution in [1.29, 1.82) is 5.41 Å². The molecule has 0 saturated carbocycles. The molecule has 0 bridgehead atoms. The van der Waals surface area contributed by atoms with Crippen LogP contribution in [0.5, 0.6) is 0 Å². The highest BCUT2D eigenvalue weighted by atomic mass is 35.5. The maximum absolute atomic E-state index is 12.9. The van der Waals surface area contributed by atoms with E-state index in [0.717, 1.165) is 31.5 Å². The van der Waals surface area contributed by atoms with E-state index in [9.17, 15) is 4.79 Å². The molecule has 1 aliphatic heterocycles. The van der Waals surface area contributed by atoms with Gasteiger partial charge in [-0.2, -0.15) is 0 Å². The van der Waals surface area contributed by atoms with Crippen LogP contribution in [0.2, 0.25) is 5.02 Å². The number of halogens is 1. The third-order valence-electron chi connectivity index (χ3n) is 6.23. The third kappa shape index (κ3) is 5.26. The van der Waals surface area contributed by atoms with Crippen molar-refractivity contribution in [1.82, 2.24) is 20.0 Å². The lowest BCUT2D eigenvalue weighted by Crippen LogP contribution is -2.46. The normalized spacial score (nSPS) is 14.3. The molecule has 3 aromatic rings. The van der Waals surface area contributed by atoms with Crippen LogP contribution in [-0.4, -0.2) is 71.4 Å². The molecule has 0 aliphatic carbocycles. The summed E-state index contributed by atoms with van der Waals surface area (Å²) < 4.78 is 0. The van der Waals surface area contributed by atoms with Crippen molar-refractivity contribution in [2.45, 2.75) is 18.9 Å². The number of anilines is 1. The number of carbonyl (C=O) groups is 1. The number of nitrogens with one attached hydrogen (secondary N) is 2. The standard InChI is InChI=1S/C26H29ClN6O/c1-32(2)20-13-15-33(16-14-20)21(34)17-29-26-22(24(28)18-9-5-3-6-10-18)23(27)25(30-31-26)19-11-7-4-8-12-19/h3-12,20,28H,13-17H2,1-2H3,(H,29,31). The second kappa shape index (κ2) is 10.8. The van der Waals surface area contributed by atoms with Gasteiger partial charge in [-0.1, -0.05) is 72.3 Å². The molecule has 2 N–H and O–H groups in total. The third-order valence-corrected chi connectivity index (χ3v) is 6.60. The van der Waals surface area contributed by atoms with Gasteiger partial charge in [0, 0.05) is 30.3 Å². The number of piperidine rings is 1. The molecule has 7 nitrogen and oxygen atoms in total. The summed E-state index contributed by atoms with van der Waals surface area (Å²) in [5.74, 6) is 0.328. The van der Waals surface area contributed by atoms with E-state index in [4.69, 9.17) is 17.0 Å². The Kier molecular flexibility index (Phi) is 7.55. The van der Waals surface area contributed by atoms with Crippen LogP contribution in [0.4, 0.5) is 5.82 Å². The predicted octanol–water partition coefficient (Wildman–Crippen LogP) is 4.18. The van der Waals surface area contributed by atoms with E-state index in [0.29, 0.717) is 33.7 Å². The second-order valence-corrected chi connectivity index (χ2v) is 9.00. The predicted molar refractivity (Wildman–Crippen MR) is 137 cm³/mol. The summed E-state index contributed by atoms with van der Waals surface area (Å²) in [6, 6.07) is 19.4. The Bertz CT molecular complexity index is 1140. The summed E-state index contributed by atoms with van der Waals surface area (Å²) in [4.78, 5) is 17.0. The van der Waals surface area contributed by atoms with Gasteiger partial charge in [-0.3, -0.25) is 10.2 Å². The Balaban J connectivity index is 1.59. The van der Waals surface area contributed by atoms with Gasteiger partial charge in [-0.05, 0) is 26.9 Å². The molecule has 2 aromatic carbocycles. The first-order valence-electron chi connectivity index (χ1n) is 11.4. The smallest absolute Gasteiger partial charge is 0.241 e. The Labute approximate surface area is 205 Å². The lowest BCUT2D eigenvalue weighted by Gasteiger charge is -2.35. The second-order valence-electron chi connectivity index (χ2n) is 8.62. The van der Waals surface area contributed by atoms with Gasteiger partial charge >= 0.3 is 0 Å². The molecular weight excluding hydrogens is 448 g/mol. The Hall–Kier alpha value is -3.29. The summed E-state index contributed by atoms with van der Waals surface area (Å²) >= 11 is 6.82. The number of benzene rings is 2. The maximum Gasteiger partial charge on any atom is 0.241 e. The summed E-state index contributed by atoms with van der Waals surface area (Å²) in [6.45, 7) is 1.53. The Morgan fingerprint density at radius 1 is 1.06 bits per heavy atom. The largest absolute Gasteiger partial charge is 0.359 e. The molecule has 4 rings (SSSR count). The van der Waals surface area contributed by atoms with Crippen LogP contribution in [-0.2, 0) is 4.79 Å². The van der Waals surface area contributed by atoms with Crippen molar-refractivity contribution in [3.05, 3.63) is 76.8 Å². The first kappa shape index (κ1) is 23.9. The van der Waals surface area contributed by atoms with Crippen LogP contribution in [0.15, 0.2) is 60.7 Å². The van der Waals surface area contributed by atoms with Crippen molar-refractivity contribution < 1.29 is 4.79 Å². The highest BCUT2D eigenvalue weighted by molar-refractivity contribution is 6.38. The Morgan fingerprint density at radius 2 is 1.68 bits per heavy atom. The number of rotatable bonds is 7. The molecular formula is C26H29ClN6O. The topological polar surface area (TPSA) is 85.2 Å². The quantitative estimate of drug-likeness (QED) is 0.500. The van der Waals surface area contributed by atoms with Crippen molar-refractivity contribution >= 4 is 29.0 Å². The van der Waals surface area contributed by atoms with Crippen LogP contribution < -0.4 is 5.32 Å². The number of amides is 1. The van der Waals surface area contributed by atoms with Gasteiger partial charge in [0.1, 0.15) is 5.69 Å². The average molecular weight is 477 g/mol. The zero-order valence-corrected chi connectivity index (χ0v) is 20.2. The van der Waals surface area contributed by atoms with E-state index in [1.165, 1.54) is 0 Å². The van der Waals surface area contributed by atoms with E-state index in [2.05, 4.69) is 34.5 Å². The average Bonchev–Trinajstić information content (AvgIpc) is 2.88. The number of nitrogens with zero attached hydrogens (tertiary/aromatic N) is 4. The highest BCUT2D eigenvalue weighted by Gasteiger charge is 2.25. The van der Waals surface area contributed by atoms with Crippen molar-refractivity contribution in [3.8, 4) is 11.3 Å². The molecule has 1 amide bonds. The molecule has 0 unspecified atom stereocenters. The number of likely N-dealkylation sites (tertiary alicyclic amines) is 1. The van der Waals surface area contributed by atoms with Gasteiger partial charge in [0.25, 0.3) is 0 Å². The molecule has 1 aromatic heterocycles. The van der Waals surface area contributed by atoms with Crippen LogP contribution in [0, 0.1) is 5.41 Å². The van der Waals surface area contributed by atoms with E-state index in [-0.39, 0.29) is 18.2 Å². The first-order chi connectivity index (χ1) is 16.5. The van der Waals surface area contributed by atoms with Gasteiger partial charge in [-0.25, -0.2) is 0 Å². The molecule has 1 aliphatic rings. The zero-order valence-electron chi connectivity index (χ0n) is 19.5. The van der Waals surface area contributed by atoms with Gasteiger partial charge in [0.15, 0.2) is 5.82 Å². The Morgan fingerprint density at radius 3 is 2.29 bits per heavy atom. The lowest BCUT2D eigenvalue weighted by atomic mass is 10.0. The van der Waals surface area contributed by atoms with Crippen LogP contribution in [0.1, 0.15) is 24.0 Å². The highest BCUT2D eigenvalue weighted by Crippen LogP contribution is 2.33. The van der Waals surface area contributed by atoms with Crippen molar-refractivity contribution in [2.75, 3.05) is 39.0 Å². The van der Waals surface area contributed by atoms with Crippen LogP contribution in [0.3, 0.4) is 0 Å². The first-order valence-corrected chi connectivity index (χ1v) is 11.8. The van der Waals surface area contributed by atoms with Gasteiger partial charge in [0.05, 0.1) is 22.8 Å². The monoisotopic (exact) mass is 476 g/mol. The van der Waals surface area contributed by atoms with Gasteiger partial charge < -0.3 is 15.1 Å². The lowest BCUT2D eigenvalue weighted by molar-refractivity contribution is -0.130. The summed E-state index contributed by atoms with van der Waals surface area (Å²) in [5.41, 5.74) is 2.67. The maximum atomic E-state index is 12.9. The van der Waals surface area contributed by atoms with E-state index < -0.39 is 0 Å². The molecule has 0 radical (unpaired) electrons. The number of hydrogen-bond acceptors (Lipinski definition) is 6. The van der Waals surface area contributed by atoms with E-state index in [1.807, 2.05) is 65.6 Å². The minimum Gasteiger partial charge on any atom is -0.359 e. The van der Waals surface area contributed by atoms with Crippen molar-refractivity contribution in [2.24, 2.45) is 0 Å². The number of hydrogen-bond donors (Lipinski definition) is 2. The minimum absolute atomic E-state index is 0.000504. The summed E-state index contributed by atoms with van der Waals surface area (Å²) in [7, 11) is 4.16. The van der Waals surface area contributed by atoms with Crippen LogP contribution >= 0.6 is 11.6 Å². The fourth-order valence-electron chi connectivity index (χ4n) is 4.20. The van der Waals surface area contributed by atoms with Crippen LogP contribution in [0.25, 0.3) is 11.3 Å². The molecule has 176 valence electrons. The fraction of sp³-hybridized carbons (Fsp3) is 0.308. The van der Waals surface area contributed by atoms with Crippen molar-refractivity contribution in [3.63, 3.8) is 0 Å². The zero-order chi connectivity index (χ0) is 24.1. The minimum atomic E-state index is -0.000504. The molecule has 0 atom stereocenters. The molecule has 2 heterocycles. The number of aromatic nitrogens is 2. The summed E-state index contributed by atoms with van der Waals surface area (Å²) in [5, 5.41) is 21.0. The molecule has 1 fully saturated rings. The van der Waals surface area contributed by atoms with E-state index >= 15 is 0 Å². The SMILES string of the molecule is CN(C)C1CCN(C(=O)CNc2nnc(-c3ccccc3)c(Cl)c2C(=N)c2ccccc2)CC1. The fourth-order valence-corrected chi connectivity index (χ4v) is 4.53. The summed E-state index contributed by atoms with van der Waals surface area (Å²) in [6.07, 6.45) is 1.92. The van der Waals surface area contributed by atoms with Gasteiger partial charge in [0.2, 0.25) is 5.91 Å². The number of carbonyl (C=O) groups excluding carboxylic acids is 1.